The fraction of sp³-hybridized carbons (Fsp3) is 0.286. The first-order valence-corrected chi connectivity index (χ1v) is 9.93. The van der Waals surface area contributed by atoms with Gasteiger partial charge in [-0.1, -0.05) is 61.2 Å². The molecule has 0 saturated carbocycles. The molecule has 0 aliphatic rings. The van der Waals surface area contributed by atoms with Crippen molar-refractivity contribution in [3.63, 3.8) is 0 Å². The third kappa shape index (κ3) is 4.77. The molecule has 5 nitrogen and oxygen atoms in total. The molecule has 0 aliphatic carbocycles. The Bertz CT molecular complexity index is 892. The number of carbonyl (C=O) groups is 1. The number of ketones is 1. The van der Waals surface area contributed by atoms with Crippen LogP contribution in [0.15, 0.2) is 59.8 Å². The highest BCUT2D eigenvalue weighted by Gasteiger charge is 2.18. The number of Topliss-reactive ketones (excluding diaryl/α,β-unsaturated/α-hetero) is 1. The third-order valence-corrected chi connectivity index (χ3v) is 5.33. The SMILES string of the molecule is CCc1ccc(OC(C)c2nnc(SCC(=O)c3ccccc3)n2C)cc1. The van der Waals surface area contributed by atoms with E-state index in [1.54, 1.807) is 0 Å². The number of aryl methyl sites for hydroxylation is 1. The lowest BCUT2D eigenvalue weighted by Gasteiger charge is -2.14. The molecule has 0 bridgehead atoms. The van der Waals surface area contributed by atoms with Gasteiger partial charge in [0.2, 0.25) is 0 Å². The van der Waals surface area contributed by atoms with Crippen molar-refractivity contribution < 1.29 is 9.53 Å². The van der Waals surface area contributed by atoms with Crippen LogP contribution in [0.4, 0.5) is 0 Å². The summed E-state index contributed by atoms with van der Waals surface area (Å²) in [5.74, 6) is 1.93. The molecule has 0 amide bonds. The van der Waals surface area contributed by atoms with Crippen LogP contribution >= 0.6 is 11.8 Å². The number of rotatable bonds is 8. The van der Waals surface area contributed by atoms with Crippen molar-refractivity contribution >= 4 is 17.5 Å². The van der Waals surface area contributed by atoms with Crippen molar-refractivity contribution in [2.45, 2.75) is 31.5 Å². The Balaban J connectivity index is 1.62. The van der Waals surface area contributed by atoms with Gasteiger partial charge in [0.25, 0.3) is 0 Å². The summed E-state index contributed by atoms with van der Waals surface area (Å²) < 4.78 is 7.87. The number of thioether (sulfide) groups is 1. The first-order chi connectivity index (χ1) is 13.1. The molecule has 1 heterocycles. The molecule has 0 fully saturated rings. The van der Waals surface area contributed by atoms with Crippen molar-refractivity contribution in [3.8, 4) is 5.75 Å². The maximum atomic E-state index is 12.3. The van der Waals surface area contributed by atoms with Gasteiger partial charge >= 0.3 is 0 Å². The van der Waals surface area contributed by atoms with E-state index in [1.165, 1.54) is 17.3 Å². The molecule has 1 atom stereocenters. The molecule has 3 aromatic rings. The lowest BCUT2D eigenvalue weighted by molar-refractivity contribution is 0.102. The summed E-state index contributed by atoms with van der Waals surface area (Å²) in [5.41, 5.74) is 1.98. The molecule has 27 heavy (non-hydrogen) atoms. The maximum absolute atomic E-state index is 12.3. The average Bonchev–Trinajstić information content (AvgIpc) is 3.08. The van der Waals surface area contributed by atoms with Crippen LogP contribution in [0.5, 0.6) is 5.75 Å². The Morgan fingerprint density at radius 2 is 1.81 bits per heavy atom. The van der Waals surface area contributed by atoms with Crippen molar-refractivity contribution in [1.82, 2.24) is 14.8 Å². The fourth-order valence-corrected chi connectivity index (χ4v) is 3.52. The van der Waals surface area contributed by atoms with Gasteiger partial charge < -0.3 is 9.30 Å². The highest BCUT2D eigenvalue weighted by atomic mass is 32.2. The van der Waals surface area contributed by atoms with E-state index in [-0.39, 0.29) is 11.9 Å². The monoisotopic (exact) mass is 381 g/mol. The van der Waals surface area contributed by atoms with Crippen LogP contribution in [-0.4, -0.2) is 26.3 Å². The molecular formula is C21H23N3O2S. The van der Waals surface area contributed by atoms with Gasteiger partial charge in [-0.15, -0.1) is 10.2 Å². The van der Waals surface area contributed by atoms with Crippen LogP contribution in [-0.2, 0) is 13.5 Å². The topological polar surface area (TPSA) is 57.0 Å². The second-order valence-corrected chi connectivity index (χ2v) is 7.18. The smallest absolute Gasteiger partial charge is 0.191 e. The van der Waals surface area contributed by atoms with Crippen molar-refractivity contribution in [3.05, 3.63) is 71.5 Å². The largest absolute Gasteiger partial charge is 0.483 e. The van der Waals surface area contributed by atoms with E-state index in [2.05, 4.69) is 29.3 Å². The number of carbonyl (C=O) groups excluding carboxylic acids is 1. The summed E-state index contributed by atoms with van der Waals surface area (Å²) in [5, 5.41) is 9.17. The molecule has 6 heteroatoms. The summed E-state index contributed by atoms with van der Waals surface area (Å²) in [6, 6.07) is 17.4. The zero-order valence-corrected chi connectivity index (χ0v) is 16.6. The Morgan fingerprint density at radius 1 is 1.11 bits per heavy atom. The van der Waals surface area contributed by atoms with Gasteiger partial charge in [-0.25, -0.2) is 0 Å². The zero-order chi connectivity index (χ0) is 19.2. The Kier molecular flexibility index (Phi) is 6.29. The van der Waals surface area contributed by atoms with E-state index >= 15 is 0 Å². The molecule has 0 saturated heterocycles. The molecule has 3 rings (SSSR count). The molecule has 0 radical (unpaired) electrons. The van der Waals surface area contributed by atoms with Gasteiger partial charge in [0.05, 0.1) is 5.75 Å². The third-order valence-electron chi connectivity index (χ3n) is 4.30. The van der Waals surface area contributed by atoms with E-state index in [1.807, 2.05) is 61.0 Å². The number of benzene rings is 2. The van der Waals surface area contributed by atoms with Crippen molar-refractivity contribution in [2.75, 3.05) is 5.75 Å². The standard InChI is InChI=1S/C21H23N3O2S/c1-4-16-10-12-18(13-11-16)26-15(2)20-22-23-21(24(20)3)27-14-19(25)17-8-6-5-7-9-17/h5-13,15H,4,14H2,1-3H3. The van der Waals surface area contributed by atoms with Gasteiger partial charge in [-0.2, -0.15) is 0 Å². The summed E-state index contributed by atoms with van der Waals surface area (Å²) in [6.07, 6.45) is 0.760. The van der Waals surface area contributed by atoms with E-state index in [9.17, 15) is 4.79 Å². The number of ether oxygens (including phenoxy) is 1. The summed E-state index contributed by atoms with van der Waals surface area (Å²) in [6.45, 7) is 4.07. The summed E-state index contributed by atoms with van der Waals surface area (Å²) in [4.78, 5) is 12.3. The number of aromatic nitrogens is 3. The van der Waals surface area contributed by atoms with Crippen LogP contribution in [0.3, 0.4) is 0 Å². The van der Waals surface area contributed by atoms with Crippen LogP contribution in [0.2, 0.25) is 0 Å². The van der Waals surface area contributed by atoms with Gasteiger partial charge in [0, 0.05) is 12.6 Å². The minimum atomic E-state index is -0.242. The molecule has 1 aromatic heterocycles. The zero-order valence-electron chi connectivity index (χ0n) is 15.8. The molecule has 1 unspecified atom stereocenters. The van der Waals surface area contributed by atoms with Crippen LogP contribution in [0.25, 0.3) is 0 Å². The molecule has 140 valence electrons. The predicted octanol–water partition coefficient (Wildman–Crippen LogP) is 4.49. The predicted molar refractivity (Wildman–Crippen MR) is 107 cm³/mol. The van der Waals surface area contributed by atoms with Crippen molar-refractivity contribution in [2.24, 2.45) is 7.05 Å². The Hall–Kier alpha value is -2.60. The first-order valence-electron chi connectivity index (χ1n) is 8.94. The highest BCUT2D eigenvalue weighted by molar-refractivity contribution is 7.99. The molecular weight excluding hydrogens is 358 g/mol. The number of hydrogen-bond donors (Lipinski definition) is 0. The summed E-state index contributed by atoms with van der Waals surface area (Å²) >= 11 is 1.38. The normalized spacial score (nSPS) is 12.0. The lowest BCUT2D eigenvalue weighted by atomic mass is 10.2. The average molecular weight is 382 g/mol. The van der Waals surface area contributed by atoms with Crippen LogP contribution in [0.1, 0.15) is 41.7 Å². The summed E-state index contributed by atoms with van der Waals surface area (Å²) in [7, 11) is 1.89. The van der Waals surface area contributed by atoms with Gasteiger partial charge in [0.15, 0.2) is 22.9 Å². The van der Waals surface area contributed by atoms with E-state index in [0.717, 1.165) is 18.0 Å². The Labute approximate surface area is 163 Å². The van der Waals surface area contributed by atoms with E-state index in [0.29, 0.717) is 16.5 Å². The van der Waals surface area contributed by atoms with Crippen LogP contribution in [0, 0.1) is 0 Å². The molecule has 2 aromatic carbocycles. The van der Waals surface area contributed by atoms with Crippen molar-refractivity contribution in [1.29, 1.82) is 0 Å². The molecule has 0 spiro atoms. The minimum absolute atomic E-state index is 0.0745. The van der Waals surface area contributed by atoms with Gasteiger partial charge in [-0.3, -0.25) is 4.79 Å². The molecule has 0 aliphatic heterocycles. The highest BCUT2D eigenvalue weighted by Crippen LogP contribution is 2.24. The number of hydrogen-bond acceptors (Lipinski definition) is 5. The van der Waals surface area contributed by atoms with Gasteiger partial charge in [0.1, 0.15) is 5.75 Å². The lowest BCUT2D eigenvalue weighted by Crippen LogP contribution is -2.10. The first kappa shape index (κ1) is 19.2. The number of nitrogens with zero attached hydrogens (tertiary/aromatic N) is 3. The quantitative estimate of drug-likeness (QED) is 0.425. The van der Waals surface area contributed by atoms with E-state index < -0.39 is 0 Å². The van der Waals surface area contributed by atoms with Crippen LogP contribution < -0.4 is 4.74 Å². The molecule has 0 N–H and O–H groups in total. The minimum Gasteiger partial charge on any atom is -0.483 e. The van der Waals surface area contributed by atoms with E-state index in [4.69, 9.17) is 4.74 Å². The maximum Gasteiger partial charge on any atom is 0.191 e. The Morgan fingerprint density at radius 3 is 2.48 bits per heavy atom. The van der Waals surface area contributed by atoms with Gasteiger partial charge in [-0.05, 0) is 31.0 Å². The second-order valence-electron chi connectivity index (χ2n) is 6.24. The fourth-order valence-electron chi connectivity index (χ4n) is 2.70. The second kappa shape index (κ2) is 8.86.